The minimum absolute atomic E-state index is 0.139. The Hall–Kier alpha value is -0.360. The Balaban J connectivity index is 2.81. The third-order valence-corrected chi connectivity index (χ3v) is 2.42. The van der Waals surface area contributed by atoms with Crippen LogP contribution in [0.25, 0.3) is 0 Å². The van der Waals surface area contributed by atoms with Crippen molar-refractivity contribution in [2.75, 3.05) is 6.26 Å². The summed E-state index contributed by atoms with van der Waals surface area (Å²) in [5.41, 5.74) is 0.483. The topological polar surface area (TPSA) is 56.3 Å². The van der Waals surface area contributed by atoms with Crippen LogP contribution in [0, 0.1) is 0 Å². The molecule has 0 fully saturated rings. The summed E-state index contributed by atoms with van der Waals surface area (Å²) in [7, 11) is -3.47. The number of aromatic nitrogens is 1. The Morgan fingerprint density at radius 2 is 2.14 bits per heavy atom. The lowest BCUT2D eigenvalue weighted by atomic mass is 10.3. The molecule has 14 heavy (non-hydrogen) atoms. The fourth-order valence-electron chi connectivity index (χ4n) is 0.732. The van der Waals surface area contributed by atoms with E-state index in [2.05, 4.69) is 9.17 Å². The van der Waals surface area contributed by atoms with Gasteiger partial charge in [0.25, 0.3) is 10.1 Å². The molecule has 0 spiro atoms. The maximum Gasteiger partial charge on any atom is 0.264 e. The first kappa shape index (κ1) is 11.7. The molecule has 4 nitrogen and oxygen atoms in total. The van der Waals surface area contributed by atoms with E-state index < -0.39 is 10.1 Å². The van der Waals surface area contributed by atoms with Gasteiger partial charge in [0.1, 0.15) is 5.15 Å². The van der Waals surface area contributed by atoms with Crippen molar-refractivity contribution in [2.24, 2.45) is 0 Å². The Labute approximate surface area is 91.9 Å². The fourth-order valence-corrected chi connectivity index (χ4v) is 1.41. The quantitative estimate of drug-likeness (QED) is 0.611. The van der Waals surface area contributed by atoms with Crippen LogP contribution in [0.1, 0.15) is 5.56 Å². The zero-order chi connectivity index (χ0) is 10.8. The average molecular weight is 256 g/mol. The molecule has 0 aliphatic rings. The fraction of sp³-hybridized carbons (Fsp3) is 0.286. The Morgan fingerprint density at radius 3 is 2.71 bits per heavy atom. The molecule has 0 unspecified atom stereocenters. The standard InChI is InChI=1S/C7H7Cl2NO3S/c1-14(11,12)13-4-5-2-7(9)10-3-6(5)8/h2-3H,4H2,1H3. The molecule has 0 amide bonds. The van der Waals surface area contributed by atoms with Crippen LogP contribution in [-0.4, -0.2) is 19.7 Å². The molecule has 0 radical (unpaired) electrons. The molecule has 0 atom stereocenters. The van der Waals surface area contributed by atoms with Crippen LogP contribution >= 0.6 is 23.2 Å². The molecule has 78 valence electrons. The van der Waals surface area contributed by atoms with Crippen molar-refractivity contribution in [3.05, 3.63) is 28.0 Å². The van der Waals surface area contributed by atoms with Crippen LogP contribution in [0.15, 0.2) is 12.3 Å². The average Bonchev–Trinajstić information content (AvgIpc) is 2.05. The lowest BCUT2D eigenvalue weighted by molar-refractivity contribution is 0.311. The molecule has 1 heterocycles. The van der Waals surface area contributed by atoms with Crippen molar-refractivity contribution >= 4 is 33.3 Å². The molecular formula is C7H7Cl2NO3S. The molecule has 0 bridgehead atoms. The number of pyridine rings is 1. The van der Waals surface area contributed by atoms with Gasteiger partial charge in [0.2, 0.25) is 0 Å². The minimum Gasteiger partial charge on any atom is -0.265 e. The third kappa shape index (κ3) is 3.79. The second kappa shape index (κ2) is 4.44. The maximum absolute atomic E-state index is 10.7. The van der Waals surface area contributed by atoms with Gasteiger partial charge in [-0.3, -0.25) is 4.18 Å². The lowest BCUT2D eigenvalue weighted by Crippen LogP contribution is -2.03. The van der Waals surface area contributed by atoms with Crippen molar-refractivity contribution in [2.45, 2.75) is 6.61 Å². The smallest absolute Gasteiger partial charge is 0.264 e. The summed E-state index contributed by atoms with van der Waals surface area (Å²) in [4.78, 5) is 3.71. The van der Waals surface area contributed by atoms with E-state index in [9.17, 15) is 8.42 Å². The third-order valence-electron chi connectivity index (χ3n) is 1.33. The van der Waals surface area contributed by atoms with E-state index in [1.807, 2.05) is 0 Å². The Morgan fingerprint density at radius 1 is 1.50 bits per heavy atom. The predicted molar refractivity (Wildman–Crippen MR) is 53.9 cm³/mol. The zero-order valence-corrected chi connectivity index (χ0v) is 9.53. The number of halogens is 2. The summed E-state index contributed by atoms with van der Waals surface area (Å²) in [6.07, 6.45) is 2.30. The summed E-state index contributed by atoms with van der Waals surface area (Å²) >= 11 is 11.3. The summed E-state index contributed by atoms with van der Waals surface area (Å²) in [5.74, 6) is 0. The van der Waals surface area contributed by atoms with Crippen molar-refractivity contribution in [3.63, 3.8) is 0 Å². The van der Waals surface area contributed by atoms with Gasteiger partial charge in [0, 0.05) is 11.8 Å². The number of rotatable bonds is 3. The SMILES string of the molecule is CS(=O)(=O)OCc1cc(Cl)ncc1Cl. The highest BCUT2D eigenvalue weighted by molar-refractivity contribution is 7.85. The molecule has 1 aromatic rings. The van der Waals surface area contributed by atoms with E-state index in [1.54, 1.807) is 0 Å². The van der Waals surface area contributed by atoms with Crippen LogP contribution in [0.2, 0.25) is 10.2 Å². The van der Waals surface area contributed by atoms with E-state index in [0.717, 1.165) is 6.26 Å². The van der Waals surface area contributed by atoms with E-state index in [0.29, 0.717) is 10.6 Å². The van der Waals surface area contributed by atoms with Gasteiger partial charge in [-0.25, -0.2) is 4.98 Å². The predicted octanol–water partition coefficient (Wildman–Crippen LogP) is 1.86. The van der Waals surface area contributed by atoms with Gasteiger partial charge in [-0.05, 0) is 6.07 Å². The minimum atomic E-state index is -3.47. The largest absolute Gasteiger partial charge is 0.265 e. The number of hydrogen-bond donors (Lipinski definition) is 0. The maximum atomic E-state index is 10.7. The van der Waals surface area contributed by atoms with E-state index in [-0.39, 0.29) is 11.8 Å². The lowest BCUT2D eigenvalue weighted by Gasteiger charge is -2.03. The van der Waals surface area contributed by atoms with Crippen LogP contribution in [0.3, 0.4) is 0 Å². The second-order valence-electron chi connectivity index (χ2n) is 2.56. The van der Waals surface area contributed by atoms with Crippen LogP contribution < -0.4 is 0 Å². The van der Waals surface area contributed by atoms with Gasteiger partial charge >= 0.3 is 0 Å². The molecule has 7 heteroatoms. The van der Waals surface area contributed by atoms with Crippen LogP contribution in [0.5, 0.6) is 0 Å². The highest BCUT2D eigenvalue weighted by Gasteiger charge is 2.07. The first-order valence-electron chi connectivity index (χ1n) is 3.53. The van der Waals surface area contributed by atoms with Crippen LogP contribution in [-0.2, 0) is 20.9 Å². The van der Waals surface area contributed by atoms with Crippen molar-refractivity contribution in [1.82, 2.24) is 4.98 Å². The number of nitrogens with zero attached hydrogens (tertiary/aromatic N) is 1. The summed E-state index contributed by atoms with van der Waals surface area (Å²) in [5, 5.41) is 0.555. The molecular weight excluding hydrogens is 249 g/mol. The van der Waals surface area contributed by atoms with Crippen LogP contribution in [0.4, 0.5) is 0 Å². The first-order valence-corrected chi connectivity index (χ1v) is 6.10. The highest BCUT2D eigenvalue weighted by atomic mass is 35.5. The highest BCUT2D eigenvalue weighted by Crippen LogP contribution is 2.19. The Bertz CT molecular complexity index is 433. The first-order chi connectivity index (χ1) is 6.38. The van der Waals surface area contributed by atoms with E-state index >= 15 is 0 Å². The molecule has 1 rings (SSSR count). The summed E-state index contributed by atoms with van der Waals surface area (Å²) < 4.78 is 25.9. The summed E-state index contributed by atoms with van der Waals surface area (Å²) in [6.45, 7) is -0.139. The van der Waals surface area contributed by atoms with Gasteiger partial charge in [-0.15, -0.1) is 0 Å². The van der Waals surface area contributed by atoms with Crippen molar-refractivity contribution in [1.29, 1.82) is 0 Å². The molecule has 0 saturated carbocycles. The van der Waals surface area contributed by atoms with Gasteiger partial charge in [-0.1, -0.05) is 23.2 Å². The monoisotopic (exact) mass is 255 g/mol. The molecule has 0 aliphatic carbocycles. The van der Waals surface area contributed by atoms with Crippen molar-refractivity contribution in [3.8, 4) is 0 Å². The zero-order valence-electron chi connectivity index (χ0n) is 7.20. The van der Waals surface area contributed by atoms with Gasteiger partial charge in [0.05, 0.1) is 17.9 Å². The molecule has 0 N–H and O–H groups in total. The normalized spacial score (nSPS) is 11.6. The number of hydrogen-bond acceptors (Lipinski definition) is 4. The van der Waals surface area contributed by atoms with Gasteiger partial charge < -0.3 is 0 Å². The molecule has 0 aliphatic heterocycles. The molecule has 1 aromatic heterocycles. The van der Waals surface area contributed by atoms with E-state index in [1.165, 1.54) is 12.3 Å². The Kier molecular flexibility index (Phi) is 3.71. The summed E-state index contributed by atoms with van der Waals surface area (Å²) in [6, 6.07) is 1.45. The van der Waals surface area contributed by atoms with Gasteiger partial charge in [-0.2, -0.15) is 8.42 Å². The van der Waals surface area contributed by atoms with Gasteiger partial charge in [0.15, 0.2) is 0 Å². The molecule has 0 saturated heterocycles. The molecule has 0 aromatic carbocycles. The second-order valence-corrected chi connectivity index (χ2v) is 5.00. The van der Waals surface area contributed by atoms with E-state index in [4.69, 9.17) is 23.2 Å². The van der Waals surface area contributed by atoms with Crippen molar-refractivity contribution < 1.29 is 12.6 Å².